The van der Waals surface area contributed by atoms with Gasteiger partial charge in [-0.2, -0.15) is 4.31 Å². The van der Waals surface area contributed by atoms with Gasteiger partial charge in [-0.05, 0) is 61.4 Å². The van der Waals surface area contributed by atoms with Gasteiger partial charge < -0.3 is 9.64 Å². The first-order chi connectivity index (χ1) is 14.3. The first kappa shape index (κ1) is 22.7. The average Bonchev–Trinajstić information content (AvgIpc) is 2.76. The average molecular weight is 449 g/mol. The number of rotatable bonds is 7. The van der Waals surface area contributed by atoms with E-state index < -0.39 is 10.0 Å². The van der Waals surface area contributed by atoms with E-state index in [-0.39, 0.29) is 10.8 Å². The van der Waals surface area contributed by atoms with Crippen molar-refractivity contribution >= 4 is 27.7 Å². The summed E-state index contributed by atoms with van der Waals surface area (Å²) >= 11 is 1.68. The zero-order valence-corrected chi connectivity index (χ0v) is 19.3. The maximum absolute atomic E-state index is 12.8. The zero-order chi connectivity index (χ0) is 21.7. The maximum Gasteiger partial charge on any atom is 0.243 e. The van der Waals surface area contributed by atoms with E-state index in [1.54, 1.807) is 48.0 Å². The number of methoxy groups -OCH3 is 1. The van der Waals surface area contributed by atoms with E-state index in [2.05, 4.69) is 32.0 Å². The number of nitrogens with zero attached hydrogens (tertiary/aromatic N) is 2. The molecule has 0 unspecified atom stereocenters. The lowest BCUT2D eigenvalue weighted by Crippen LogP contribution is -2.50. The van der Waals surface area contributed by atoms with Gasteiger partial charge in [-0.3, -0.25) is 4.79 Å². The number of aryl methyl sites for hydroxylation is 2. The molecule has 0 radical (unpaired) electrons. The molecule has 2 aromatic rings. The third-order valence-corrected chi connectivity index (χ3v) is 8.26. The van der Waals surface area contributed by atoms with E-state index in [9.17, 15) is 13.2 Å². The van der Waals surface area contributed by atoms with Crippen molar-refractivity contribution < 1.29 is 17.9 Å². The molecule has 0 N–H and O–H groups in total. The van der Waals surface area contributed by atoms with Crippen LogP contribution in [0.4, 0.5) is 0 Å². The van der Waals surface area contributed by atoms with Crippen LogP contribution in [0.3, 0.4) is 0 Å². The number of piperazine rings is 1. The van der Waals surface area contributed by atoms with Gasteiger partial charge in [-0.1, -0.05) is 6.07 Å². The largest absolute Gasteiger partial charge is 0.497 e. The summed E-state index contributed by atoms with van der Waals surface area (Å²) in [6.07, 6.45) is 0.447. The standard InChI is InChI=1S/C22H28N2O4S2/c1-17-4-7-20(16-18(17)2)29-15-10-22(25)23-11-13-24(14-12-23)30(26,27)21-8-5-19(28-3)6-9-21/h4-9,16H,10-15H2,1-3H3. The van der Waals surface area contributed by atoms with Crippen molar-refractivity contribution in [3.8, 4) is 5.75 Å². The highest BCUT2D eigenvalue weighted by molar-refractivity contribution is 7.99. The molecule has 30 heavy (non-hydrogen) atoms. The minimum atomic E-state index is -3.56. The number of thioether (sulfide) groups is 1. The van der Waals surface area contributed by atoms with Crippen LogP contribution in [0.2, 0.25) is 0 Å². The summed E-state index contributed by atoms with van der Waals surface area (Å²) in [5.41, 5.74) is 2.51. The van der Waals surface area contributed by atoms with Crippen LogP contribution in [0.1, 0.15) is 17.5 Å². The summed E-state index contributed by atoms with van der Waals surface area (Å²) in [4.78, 5) is 15.7. The van der Waals surface area contributed by atoms with Gasteiger partial charge >= 0.3 is 0 Å². The molecule has 0 bridgehead atoms. The van der Waals surface area contributed by atoms with Crippen LogP contribution in [0.15, 0.2) is 52.3 Å². The van der Waals surface area contributed by atoms with Gasteiger partial charge in [0.05, 0.1) is 12.0 Å². The highest BCUT2D eigenvalue weighted by Gasteiger charge is 2.29. The summed E-state index contributed by atoms with van der Waals surface area (Å²) in [6, 6.07) is 12.7. The molecule has 1 fully saturated rings. The second-order valence-electron chi connectivity index (χ2n) is 7.30. The fraction of sp³-hybridized carbons (Fsp3) is 0.409. The minimum absolute atomic E-state index is 0.0767. The molecular formula is C22H28N2O4S2. The number of carbonyl (C=O) groups excluding carboxylic acids is 1. The predicted molar refractivity (Wildman–Crippen MR) is 120 cm³/mol. The Morgan fingerprint density at radius 3 is 2.27 bits per heavy atom. The number of benzene rings is 2. The zero-order valence-electron chi connectivity index (χ0n) is 17.6. The number of amides is 1. The molecule has 8 heteroatoms. The van der Waals surface area contributed by atoms with E-state index in [0.717, 1.165) is 0 Å². The smallest absolute Gasteiger partial charge is 0.243 e. The first-order valence-corrected chi connectivity index (χ1v) is 12.4. The predicted octanol–water partition coefficient (Wildman–Crippen LogP) is 3.33. The fourth-order valence-corrected chi connectivity index (χ4v) is 5.65. The molecule has 0 aliphatic carbocycles. The Labute approximate surface area is 183 Å². The second kappa shape index (κ2) is 9.85. The van der Waals surface area contributed by atoms with Crippen LogP contribution in [-0.4, -0.2) is 62.6 Å². The molecule has 0 spiro atoms. The van der Waals surface area contributed by atoms with Crippen LogP contribution in [-0.2, 0) is 14.8 Å². The van der Waals surface area contributed by atoms with Crippen LogP contribution in [0.5, 0.6) is 5.75 Å². The van der Waals surface area contributed by atoms with Gasteiger partial charge in [-0.15, -0.1) is 11.8 Å². The normalized spacial score (nSPS) is 15.2. The SMILES string of the molecule is COc1ccc(S(=O)(=O)N2CCN(C(=O)CCSc3ccc(C)c(C)c3)CC2)cc1. The van der Waals surface area contributed by atoms with Crippen LogP contribution in [0.25, 0.3) is 0 Å². The Kier molecular flexibility index (Phi) is 7.44. The van der Waals surface area contributed by atoms with Crippen molar-refractivity contribution in [3.05, 3.63) is 53.6 Å². The molecule has 1 amide bonds. The molecule has 2 aromatic carbocycles. The Balaban J connectivity index is 1.49. The third-order valence-electron chi connectivity index (χ3n) is 5.35. The molecular weight excluding hydrogens is 420 g/mol. The van der Waals surface area contributed by atoms with E-state index in [1.807, 2.05) is 0 Å². The first-order valence-electron chi connectivity index (χ1n) is 9.93. The quantitative estimate of drug-likeness (QED) is 0.608. The molecule has 1 heterocycles. The molecule has 0 aromatic heterocycles. The van der Waals surface area contributed by atoms with Gasteiger partial charge in [0, 0.05) is 43.2 Å². The minimum Gasteiger partial charge on any atom is -0.497 e. The maximum atomic E-state index is 12.8. The van der Waals surface area contributed by atoms with Gasteiger partial charge in [-0.25, -0.2) is 8.42 Å². The van der Waals surface area contributed by atoms with Gasteiger partial charge in [0.2, 0.25) is 15.9 Å². The molecule has 6 nitrogen and oxygen atoms in total. The second-order valence-corrected chi connectivity index (χ2v) is 10.4. The summed E-state index contributed by atoms with van der Waals surface area (Å²) in [5, 5.41) is 0. The van der Waals surface area contributed by atoms with Crippen LogP contribution in [0, 0.1) is 13.8 Å². The van der Waals surface area contributed by atoms with Crippen molar-refractivity contribution in [2.75, 3.05) is 39.0 Å². The molecule has 1 aliphatic rings. The lowest BCUT2D eigenvalue weighted by molar-refractivity contribution is -0.131. The number of ether oxygens (including phenoxy) is 1. The Morgan fingerprint density at radius 2 is 1.67 bits per heavy atom. The van der Waals surface area contributed by atoms with Gasteiger partial charge in [0.1, 0.15) is 5.75 Å². The summed E-state index contributed by atoms with van der Waals surface area (Å²) in [7, 11) is -2.02. The van der Waals surface area contributed by atoms with Crippen molar-refractivity contribution in [2.24, 2.45) is 0 Å². The van der Waals surface area contributed by atoms with Crippen molar-refractivity contribution in [1.82, 2.24) is 9.21 Å². The summed E-state index contributed by atoms with van der Waals surface area (Å²) in [6.45, 7) is 5.63. The van der Waals surface area contributed by atoms with Crippen molar-refractivity contribution in [3.63, 3.8) is 0 Å². The van der Waals surface area contributed by atoms with E-state index in [1.165, 1.54) is 20.3 Å². The topological polar surface area (TPSA) is 66.9 Å². The highest BCUT2D eigenvalue weighted by Crippen LogP contribution is 2.23. The molecule has 3 rings (SSSR count). The van der Waals surface area contributed by atoms with E-state index >= 15 is 0 Å². The third kappa shape index (κ3) is 5.36. The highest BCUT2D eigenvalue weighted by atomic mass is 32.2. The molecule has 1 aliphatic heterocycles. The fourth-order valence-electron chi connectivity index (χ4n) is 3.29. The number of carbonyl (C=O) groups is 1. The van der Waals surface area contributed by atoms with Gasteiger partial charge in [0.15, 0.2) is 0 Å². The summed E-state index contributed by atoms with van der Waals surface area (Å²) in [5.74, 6) is 1.40. The lowest BCUT2D eigenvalue weighted by Gasteiger charge is -2.34. The van der Waals surface area contributed by atoms with E-state index in [4.69, 9.17) is 4.74 Å². The number of hydrogen-bond donors (Lipinski definition) is 0. The Bertz CT molecular complexity index is 983. The van der Waals surface area contributed by atoms with Crippen molar-refractivity contribution in [2.45, 2.75) is 30.1 Å². The number of hydrogen-bond acceptors (Lipinski definition) is 5. The Hall–Kier alpha value is -2.03. The molecule has 0 saturated carbocycles. The summed E-state index contributed by atoms with van der Waals surface area (Å²) < 4.78 is 32.2. The van der Waals surface area contributed by atoms with Crippen LogP contribution >= 0.6 is 11.8 Å². The van der Waals surface area contributed by atoms with Crippen molar-refractivity contribution in [1.29, 1.82) is 0 Å². The van der Waals surface area contributed by atoms with Crippen LogP contribution < -0.4 is 4.74 Å². The Morgan fingerprint density at radius 1 is 1.00 bits per heavy atom. The lowest BCUT2D eigenvalue weighted by atomic mass is 10.1. The van der Waals surface area contributed by atoms with E-state index in [0.29, 0.717) is 44.1 Å². The molecule has 0 atom stereocenters. The molecule has 162 valence electrons. The van der Waals surface area contributed by atoms with Gasteiger partial charge in [0.25, 0.3) is 0 Å². The molecule has 1 saturated heterocycles. The number of sulfonamides is 1. The monoisotopic (exact) mass is 448 g/mol.